The Morgan fingerprint density at radius 2 is 1.85 bits per heavy atom. The summed E-state index contributed by atoms with van der Waals surface area (Å²) in [5.41, 5.74) is 0.328. The Bertz CT molecular complexity index is 1700. The van der Waals surface area contributed by atoms with Crippen molar-refractivity contribution >= 4 is 61.9 Å². The smallest absolute Gasteiger partial charge is 0.315 e. The minimum atomic E-state index is -0.564. The molecule has 0 atom stereocenters. The van der Waals surface area contributed by atoms with Crippen molar-refractivity contribution in [2.45, 2.75) is 39.7 Å². The Balaban J connectivity index is 1.79. The molecule has 1 heterocycles. The summed E-state index contributed by atoms with van der Waals surface area (Å²) in [6.07, 6.45) is 1.36. The van der Waals surface area contributed by atoms with Gasteiger partial charge in [0.05, 0.1) is 38.7 Å². The first-order chi connectivity index (χ1) is 18.9. The number of aromatic nitrogens is 2. The van der Waals surface area contributed by atoms with E-state index in [0.717, 1.165) is 4.47 Å². The van der Waals surface area contributed by atoms with E-state index < -0.39 is 10.3 Å². The van der Waals surface area contributed by atoms with Crippen LogP contribution in [0.3, 0.4) is 0 Å². The first-order valence-electron chi connectivity index (χ1n) is 12.2. The van der Waals surface area contributed by atoms with Crippen LogP contribution in [-0.2, 0) is 12.0 Å². The van der Waals surface area contributed by atoms with Gasteiger partial charge in [0.1, 0.15) is 12.4 Å². The summed E-state index contributed by atoms with van der Waals surface area (Å²) in [5, 5.41) is 17.6. The van der Waals surface area contributed by atoms with Crippen molar-refractivity contribution in [3.63, 3.8) is 0 Å². The molecule has 0 aliphatic rings. The molecule has 0 aliphatic heterocycles. The third-order valence-electron chi connectivity index (χ3n) is 5.72. The van der Waals surface area contributed by atoms with Crippen molar-refractivity contribution in [2.75, 3.05) is 6.61 Å². The van der Waals surface area contributed by atoms with E-state index in [1.165, 1.54) is 17.0 Å². The van der Waals surface area contributed by atoms with Gasteiger partial charge in [-0.2, -0.15) is 9.78 Å². The lowest BCUT2D eigenvalue weighted by Gasteiger charge is -2.21. The molecule has 3 aromatic carbocycles. The molecule has 208 valence electrons. The first-order valence-corrected chi connectivity index (χ1v) is 13.7. The molecule has 0 aliphatic carbocycles. The van der Waals surface area contributed by atoms with Crippen LogP contribution >= 0.6 is 39.1 Å². The van der Waals surface area contributed by atoms with Crippen molar-refractivity contribution in [1.82, 2.24) is 9.66 Å². The van der Waals surface area contributed by atoms with Gasteiger partial charge in [0.15, 0.2) is 5.75 Å². The minimum Gasteiger partial charge on any atom is -0.490 e. The van der Waals surface area contributed by atoms with Gasteiger partial charge >= 0.3 is 5.69 Å². The second-order valence-electron chi connectivity index (χ2n) is 9.80. The van der Waals surface area contributed by atoms with Crippen LogP contribution < -0.4 is 15.0 Å². The van der Waals surface area contributed by atoms with Crippen molar-refractivity contribution in [3.8, 4) is 11.5 Å². The Morgan fingerprint density at radius 1 is 1.10 bits per heavy atom. The molecule has 0 spiro atoms. The molecule has 0 amide bonds. The zero-order chi connectivity index (χ0) is 29.2. The Hall–Kier alpha value is -3.47. The number of nitro benzene ring substituents is 1. The highest BCUT2D eigenvalue weighted by atomic mass is 79.9. The van der Waals surface area contributed by atoms with Crippen LogP contribution in [0.5, 0.6) is 11.5 Å². The molecule has 0 fully saturated rings. The topological polar surface area (TPSA) is 109 Å². The second-order valence-corrected chi connectivity index (χ2v) is 11.5. The summed E-state index contributed by atoms with van der Waals surface area (Å²) in [6.45, 7) is 7.74. The van der Waals surface area contributed by atoms with Crippen LogP contribution in [0.25, 0.3) is 10.9 Å². The third-order valence-corrected chi connectivity index (χ3v) is 6.96. The second kappa shape index (κ2) is 12.0. The summed E-state index contributed by atoms with van der Waals surface area (Å²) in [5.74, 6) is 0.548. The van der Waals surface area contributed by atoms with E-state index in [2.05, 4.69) is 21.0 Å². The lowest BCUT2D eigenvalue weighted by molar-refractivity contribution is -0.386. The number of halogens is 3. The van der Waals surface area contributed by atoms with Gasteiger partial charge in [0.25, 0.3) is 5.56 Å². The maximum atomic E-state index is 13.5. The Labute approximate surface area is 248 Å². The van der Waals surface area contributed by atoms with Gasteiger partial charge in [-0.05, 0) is 48.9 Å². The standard InChI is InChI=1S/C28H25BrCl2N4O5/c1-5-39-24-12-17(11-23(35(37)38)25(24)40-15-16-6-8-20(30)21(31)10-16)14-32-34-26(36)19-13-18(29)7-9-22(19)33-27(34)28(2,3)4/h6-14H,5,15H2,1-4H3. The van der Waals surface area contributed by atoms with Gasteiger partial charge < -0.3 is 9.47 Å². The largest absolute Gasteiger partial charge is 0.490 e. The molecule has 9 nitrogen and oxygen atoms in total. The number of fused-ring (bicyclic) bond motifs is 1. The van der Waals surface area contributed by atoms with Crippen molar-refractivity contribution in [2.24, 2.45) is 5.10 Å². The van der Waals surface area contributed by atoms with E-state index in [-0.39, 0.29) is 36.0 Å². The Morgan fingerprint density at radius 3 is 2.50 bits per heavy atom. The van der Waals surface area contributed by atoms with Crippen molar-refractivity contribution in [1.29, 1.82) is 0 Å². The molecule has 0 radical (unpaired) electrons. The summed E-state index contributed by atoms with van der Waals surface area (Å²) >= 11 is 15.5. The van der Waals surface area contributed by atoms with Crippen LogP contribution in [-0.4, -0.2) is 27.4 Å². The highest BCUT2D eigenvalue weighted by Crippen LogP contribution is 2.39. The fourth-order valence-corrected chi connectivity index (χ4v) is 4.56. The van der Waals surface area contributed by atoms with Crippen LogP contribution in [0.15, 0.2) is 62.9 Å². The van der Waals surface area contributed by atoms with Gasteiger partial charge in [-0.25, -0.2) is 4.98 Å². The maximum absolute atomic E-state index is 13.5. The zero-order valence-corrected chi connectivity index (χ0v) is 25.2. The number of benzene rings is 3. The molecular weight excluding hydrogens is 623 g/mol. The summed E-state index contributed by atoms with van der Waals surface area (Å²) in [7, 11) is 0. The quantitative estimate of drug-likeness (QED) is 0.111. The van der Waals surface area contributed by atoms with Crippen LogP contribution in [0.4, 0.5) is 5.69 Å². The molecule has 1 aromatic heterocycles. The maximum Gasteiger partial charge on any atom is 0.315 e. The summed E-state index contributed by atoms with van der Waals surface area (Å²) < 4.78 is 13.5. The molecule has 0 saturated heterocycles. The molecule has 0 N–H and O–H groups in total. The van der Waals surface area contributed by atoms with E-state index >= 15 is 0 Å². The molecule has 0 saturated carbocycles. The predicted molar refractivity (Wildman–Crippen MR) is 160 cm³/mol. The zero-order valence-electron chi connectivity index (χ0n) is 22.1. The average Bonchev–Trinajstić information content (AvgIpc) is 2.89. The highest BCUT2D eigenvalue weighted by Gasteiger charge is 2.25. The molecule has 4 rings (SSSR count). The van der Waals surface area contributed by atoms with Crippen molar-refractivity contribution in [3.05, 3.63) is 100 Å². The number of hydrogen-bond donors (Lipinski definition) is 0. The SMILES string of the molecule is CCOc1cc(C=Nn2c(C(C)(C)C)nc3ccc(Br)cc3c2=O)cc([N+](=O)[O-])c1OCc1ccc(Cl)c(Cl)c1. The highest BCUT2D eigenvalue weighted by molar-refractivity contribution is 9.10. The van der Waals surface area contributed by atoms with Crippen LogP contribution in [0.2, 0.25) is 10.0 Å². The molecular formula is C28H25BrCl2N4O5. The molecule has 0 bridgehead atoms. The van der Waals surface area contributed by atoms with Gasteiger partial charge in [0, 0.05) is 21.5 Å². The van der Waals surface area contributed by atoms with E-state index in [1.54, 1.807) is 43.3 Å². The average molecular weight is 648 g/mol. The number of nitro groups is 1. The number of ether oxygens (including phenoxy) is 2. The normalized spacial score (nSPS) is 11.8. The van der Waals surface area contributed by atoms with E-state index in [4.69, 9.17) is 37.7 Å². The van der Waals surface area contributed by atoms with Gasteiger partial charge in [-0.3, -0.25) is 14.9 Å². The van der Waals surface area contributed by atoms with E-state index in [0.29, 0.717) is 37.9 Å². The first kappa shape index (κ1) is 29.5. The lowest BCUT2D eigenvalue weighted by atomic mass is 9.95. The van der Waals surface area contributed by atoms with Crippen LogP contribution in [0, 0.1) is 10.1 Å². The molecule has 40 heavy (non-hydrogen) atoms. The van der Waals surface area contributed by atoms with Crippen LogP contribution in [0.1, 0.15) is 44.6 Å². The summed E-state index contributed by atoms with van der Waals surface area (Å²) in [6, 6.07) is 13.1. The number of hydrogen-bond acceptors (Lipinski definition) is 7. The fraction of sp³-hybridized carbons (Fsp3) is 0.250. The third kappa shape index (κ3) is 6.46. The fourth-order valence-electron chi connectivity index (χ4n) is 3.88. The van der Waals surface area contributed by atoms with Gasteiger partial charge in [0.2, 0.25) is 5.75 Å². The molecule has 4 aromatic rings. The number of rotatable bonds is 8. The minimum absolute atomic E-state index is 0.00606. The summed E-state index contributed by atoms with van der Waals surface area (Å²) in [4.78, 5) is 29.6. The number of nitrogens with zero attached hydrogens (tertiary/aromatic N) is 4. The van der Waals surface area contributed by atoms with E-state index in [9.17, 15) is 14.9 Å². The Kier molecular flexibility index (Phi) is 8.82. The van der Waals surface area contributed by atoms with Gasteiger partial charge in [-0.15, -0.1) is 0 Å². The van der Waals surface area contributed by atoms with Gasteiger partial charge in [-0.1, -0.05) is 66.0 Å². The van der Waals surface area contributed by atoms with E-state index in [1.807, 2.05) is 26.8 Å². The predicted octanol–water partition coefficient (Wildman–Crippen LogP) is 7.53. The monoisotopic (exact) mass is 646 g/mol. The molecule has 12 heteroatoms. The van der Waals surface area contributed by atoms with Crippen molar-refractivity contribution < 1.29 is 14.4 Å². The lowest BCUT2D eigenvalue weighted by Crippen LogP contribution is -2.29. The molecule has 0 unspecified atom stereocenters.